The zero-order chi connectivity index (χ0) is 12.7. The highest BCUT2D eigenvalue weighted by Gasteiger charge is 2.07. The van der Waals surface area contributed by atoms with Crippen LogP contribution in [0.2, 0.25) is 0 Å². The average Bonchev–Trinajstić information content (AvgIpc) is 2.28. The zero-order valence-corrected chi connectivity index (χ0v) is 10.5. The third kappa shape index (κ3) is 4.54. The summed E-state index contributed by atoms with van der Waals surface area (Å²) in [6.07, 6.45) is 0. The summed E-state index contributed by atoms with van der Waals surface area (Å²) in [6, 6.07) is 5.79. The summed E-state index contributed by atoms with van der Waals surface area (Å²) in [5.41, 5.74) is 8.15. The molecule has 0 spiro atoms. The molecule has 4 nitrogen and oxygen atoms in total. The van der Waals surface area contributed by atoms with E-state index in [1.165, 1.54) is 0 Å². The summed E-state index contributed by atoms with van der Waals surface area (Å²) < 4.78 is 5.18. The number of hydrogen-bond acceptors (Lipinski definition) is 3. The van der Waals surface area contributed by atoms with Crippen molar-refractivity contribution in [3.05, 3.63) is 34.9 Å². The van der Waals surface area contributed by atoms with E-state index in [1.54, 1.807) is 0 Å². The Morgan fingerprint density at radius 2 is 2.12 bits per heavy atom. The fourth-order valence-corrected chi connectivity index (χ4v) is 1.59. The van der Waals surface area contributed by atoms with E-state index < -0.39 is 0 Å². The fourth-order valence-electron chi connectivity index (χ4n) is 1.59. The second-order valence-electron chi connectivity index (χ2n) is 3.98. The van der Waals surface area contributed by atoms with Crippen LogP contribution in [0.1, 0.15) is 21.5 Å². The molecule has 0 aromatic heterocycles. The van der Waals surface area contributed by atoms with Gasteiger partial charge < -0.3 is 15.8 Å². The molecule has 0 fully saturated rings. The minimum absolute atomic E-state index is 0.0566. The molecule has 17 heavy (non-hydrogen) atoms. The number of hydrogen-bond donors (Lipinski definition) is 2. The maximum Gasteiger partial charge on any atom is 0.251 e. The van der Waals surface area contributed by atoms with Crippen LogP contribution < -0.4 is 11.1 Å². The molecule has 3 N–H and O–H groups in total. The molecule has 4 heteroatoms. The molecule has 0 bridgehead atoms. The van der Waals surface area contributed by atoms with E-state index in [2.05, 4.69) is 5.32 Å². The van der Waals surface area contributed by atoms with Crippen molar-refractivity contribution in [3.63, 3.8) is 0 Å². The standard InChI is InChI=1S/C13H20N2O2/c1-10-3-4-12(11(2)9-10)13(16)15-6-8-17-7-5-14/h3-4,9H,5-8,14H2,1-2H3,(H,15,16). The van der Waals surface area contributed by atoms with Crippen LogP contribution in [0.4, 0.5) is 0 Å². The number of nitrogens with two attached hydrogens (primary N) is 1. The van der Waals surface area contributed by atoms with Gasteiger partial charge in [-0.25, -0.2) is 0 Å². The smallest absolute Gasteiger partial charge is 0.251 e. The van der Waals surface area contributed by atoms with Crippen LogP contribution in [0.5, 0.6) is 0 Å². The van der Waals surface area contributed by atoms with E-state index >= 15 is 0 Å². The van der Waals surface area contributed by atoms with Gasteiger partial charge in [-0.1, -0.05) is 17.7 Å². The van der Waals surface area contributed by atoms with Crippen molar-refractivity contribution in [2.45, 2.75) is 13.8 Å². The summed E-state index contributed by atoms with van der Waals surface area (Å²) >= 11 is 0. The first kappa shape index (κ1) is 13.7. The normalized spacial score (nSPS) is 10.3. The summed E-state index contributed by atoms with van der Waals surface area (Å²) in [6.45, 7) is 5.98. The molecule has 0 heterocycles. The Bertz CT molecular complexity index is 378. The number of ether oxygens (including phenoxy) is 1. The lowest BCUT2D eigenvalue weighted by Gasteiger charge is -2.08. The number of rotatable bonds is 6. The predicted molar refractivity (Wildman–Crippen MR) is 68.1 cm³/mol. The van der Waals surface area contributed by atoms with Gasteiger partial charge in [0.1, 0.15) is 0 Å². The van der Waals surface area contributed by atoms with Crippen LogP contribution in [0.25, 0.3) is 0 Å². The minimum atomic E-state index is -0.0566. The van der Waals surface area contributed by atoms with Gasteiger partial charge in [0.2, 0.25) is 0 Å². The van der Waals surface area contributed by atoms with Crippen LogP contribution in [-0.2, 0) is 4.74 Å². The monoisotopic (exact) mass is 236 g/mol. The lowest BCUT2D eigenvalue weighted by molar-refractivity contribution is 0.0919. The number of benzene rings is 1. The van der Waals surface area contributed by atoms with Crippen LogP contribution in [-0.4, -0.2) is 32.2 Å². The zero-order valence-electron chi connectivity index (χ0n) is 10.5. The van der Waals surface area contributed by atoms with E-state index in [9.17, 15) is 4.79 Å². The van der Waals surface area contributed by atoms with Gasteiger partial charge in [-0.3, -0.25) is 4.79 Å². The summed E-state index contributed by atoms with van der Waals surface area (Å²) in [5, 5.41) is 2.81. The van der Waals surface area contributed by atoms with Crippen molar-refractivity contribution >= 4 is 5.91 Å². The number of carbonyl (C=O) groups is 1. The van der Waals surface area contributed by atoms with E-state index in [-0.39, 0.29) is 5.91 Å². The fraction of sp³-hybridized carbons (Fsp3) is 0.462. The highest BCUT2D eigenvalue weighted by Crippen LogP contribution is 2.09. The molecule has 1 aromatic rings. The van der Waals surface area contributed by atoms with Crippen LogP contribution >= 0.6 is 0 Å². The van der Waals surface area contributed by atoms with E-state index in [0.29, 0.717) is 26.3 Å². The first-order valence-electron chi connectivity index (χ1n) is 5.78. The molecule has 0 saturated heterocycles. The van der Waals surface area contributed by atoms with Gasteiger partial charge in [0.25, 0.3) is 5.91 Å². The molecule has 0 atom stereocenters. The molecule has 1 rings (SSSR count). The van der Waals surface area contributed by atoms with Crippen LogP contribution in [0.3, 0.4) is 0 Å². The molecule has 0 saturated carbocycles. The van der Waals surface area contributed by atoms with Crippen molar-refractivity contribution in [1.29, 1.82) is 0 Å². The Hall–Kier alpha value is -1.39. The number of carbonyl (C=O) groups excluding carboxylic acids is 1. The van der Waals surface area contributed by atoms with Gasteiger partial charge in [0.05, 0.1) is 13.2 Å². The van der Waals surface area contributed by atoms with E-state index in [0.717, 1.165) is 16.7 Å². The molecule has 94 valence electrons. The summed E-state index contributed by atoms with van der Waals surface area (Å²) in [4.78, 5) is 11.8. The quantitative estimate of drug-likeness (QED) is 0.724. The first-order chi connectivity index (χ1) is 8.15. The number of nitrogens with one attached hydrogen (secondary N) is 1. The third-order valence-corrected chi connectivity index (χ3v) is 2.42. The maximum atomic E-state index is 11.8. The number of amides is 1. The van der Waals surface area contributed by atoms with Crippen LogP contribution in [0, 0.1) is 13.8 Å². The molecule has 0 radical (unpaired) electrons. The Morgan fingerprint density at radius 3 is 2.76 bits per heavy atom. The van der Waals surface area contributed by atoms with E-state index in [1.807, 2.05) is 32.0 Å². The van der Waals surface area contributed by atoms with Crippen molar-refractivity contribution in [2.24, 2.45) is 5.73 Å². The molecule has 0 aliphatic heterocycles. The second-order valence-corrected chi connectivity index (χ2v) is 3.98. The molecule has 0 unspecified atom stereocenters. The SMILES string of the molecule is Cc1ccc(C(=O)NCCOCCN)c(C)c1. The lowest BCUT2D eigenvalue weighted by Crippen LogP contribution is -2.28. The van der Waals surface area contributed by atoms with Gasteiger partial charge in [-0.2, -0.15) is 0 Å². The topological polar surface area (TPSA) is 64.3 Å². The van der Waals surface area contributed by atoms with E-state index in [4.69, 9.17) is 10.5 Å². The molecule has 0 aliphatic rings. The molecule has 1 amide bonds. The Morgan fingerprint density at radius 1 is 1.35 bits per heavy atom. The average molecular weight is 236 g/mol. The molecular formula is C13H20N2O2. The molecular weight excluding hydrogens is 216 g/mol. The largest absolute Gasteiger partial charge is 0.378 e. The van der Waals surface area contributed by atoms with Crippen molar-refractivity contribution in [2.75, 3.05) is 26.3 Å². The van der Waals surface area contributed by atoms with Gasteiger partial charge in [0.15, 0.2) is 0 Å². The summed E-state index contributed by atoms with van der Waals surface area (Å²) in [5.74, 6) is -0.0566. The van der Waals surface area contributed by atoms with Gasteiger partial charge in [-0.05, 0) is 25.5 Å². The Labute approximate surface area is 102 Å². The van der Waals surface area contributed by atoms with Crippen LogP contribution in [0.15, 0.2) is 18.2 Å². The highest BCUT2D eigenvalue weighted by atomic mass is 16.5. The maximum absolute atomic E-state index is 11.8. The van der Waals surface area contributed by atoms with Crippen molar-refractivity contribution in [3.8, 4) is 0 Å². The number of aryl methyl sites for hydroxylation is 2. The molecule has 0 aliphatic carbocycles. The Kier molecular flexibility index (Phi) is 5.66. The highest BCUT2D eigenvalue weighted by molar-refractivity contribution is 5.95. The predicted octanol–water partition coefficient (Wildman–Crippen LogP) is 1.01. The third-order valence-electron chi connectivity index (χ3n) is 2.42. The van der Waals surface area contributed by atoms with Gasteiger partial charge in [-0.15, -0.1) is 0 Å². The van der Waals surface area contributed by atoms with Gasteiger partial charge >= 0.3 is 0 Å². The lowest BCUT2D eigenvalue weighted by atomic mass is 10.1. The second kappa shape index (κ2) is 7.04. The Balaban J connectivity index is 2.42. The minimum Gasteiger partial charge on any atom is -0.378 e. The van der Waals surface area contributed by atoms with Gasteiger partial charge in [0, 0.05) is 18.7 Å². The van der Waals surface area contributed by atoms with Crippen molar-refractivity contribution in [1.82, 2.24) is 5.32 Å². The summed E-state index contributed by atoms with van der Waals surface area (Å²) in [7, 11) is 0. The van der Waals surface area contributed by atoms with Crippen molar-refractivity contribution < 1.29 is 9.53 Å². The molecule has 1 aromatic carbocycles. The first-order valence-corrected chi connectivity index (χ1v) is 5.78.